The van der Waals surface area contributed by atoms with E-state index in [-0.39, 0.29) is 5.91 Å². The average Bonchev–Trinajstić information content (AvgIpc) is 2.52. The van der Waals surface area contributed by atoms with Crippen LogP contribution in [0.15, 0.2) is 24.3 Å². The Morgan fingerprint density at radius 3 is 2.33 bits per heavy atom. The number of carbonyl (C=O) groups excluding carboxylic acids is 1. The molecule has 18 heavy (non-hydrogen) atoms. The number of hydrogen-bond acceptors (Lipinski definition) is 2. The predicted molar refractivity (Wildman–Crippen MR) is 74.5 cm³/mol. The molecular formula is C15H22N2O. The lowest BCUT2D eigenvalue weighted by atomic mass is 9.91. The highest BCUT2D eigenvalue weighted by molar-refractivity contribution is 5.93. The van der Waals surface area contributed by atoms with Crippen molar-refractivity contribution in [3.63, 3.8) is 0 Å². The van der Waals surface area contributed by atoms with Gasteiger partial charge in [0.1, 0.15) is 0 Å². The summed E-state index contributed by atoms with van der Waals surface area (Å²) in [6.07, 6.45) is 2.44. The predicted octanol–water partition coefficient (Wildman–Crippen LogP) is 3.02. The summed E-state index contributed by atoms with van der Waals surface area (Å²) < 4.78 is 0. The number of nitrogens with one attached hydrogen (secondary N) is 1. The second-order valence-electron chi connectivity index (χ2n) is 6.24. The quantitative estimate of drug-likeness (QED) is 0.861. The lowest BCUT2D eigenvalue weighted by molar-refractivity contribution is 0.100. The lowest BCUT2D eigenvalue weighted by Crippen LogP contribution is -2.22. The van der Waals surface area contributed by atoms with Crippen molar-refractivity contribution < 1.29 is 4.79 Å². The first kappa shape index (κ1) is 12.9. The minimum Gasteiger partial charge on any atom is -0.382 e. The molecule has 0 spiro atoms. The van der Waals surface area contributed by atoms with Crippen LogP contribution in [0.5, 0.6) is 0 Å². The van der Waals surface area contributed by atoms with Crippen LogP contribution in [-0.4, -0.2) is 11.9 Å². The fourth-order valence-corrected chi connectivity index (χ4v) is 3.03. The lowest BCUT2D eigenvalue weighted by Gasteiger charge is -2.19. The van der Waals surface area contributed by atoms with Crippen LogP contribution in [0.4, 0.5) is 5.69 Å². The molecule has 2 atom stereocenters. The van der Waals surface area contributed by atoms with E-state index in [9.17, 15) is 4.79 Å². The van der Waals surface area contributed by atoms with Gasteiger partial charge in [0.2, 0.25) is 5.91 Å². The Morgan fingerprint density at radius 1 is 1.28 bits per heavy atom. The van der Waals surface area contributed by atoms with Gasteiger partial charge < -0.3 is 11.1 Å². The van der Waals surface area contributed by atoms with Crippen LogP contribution in [0.25, 0.3) is 0 Å². The third-order valence-corrected chi connectivity index (χ3v) is 3.86. The molecule has 0 aromatic heterocycles. The summed E-state index contributed by atoms with van der Waals surface area (Å²) in [7, 11) is 0. The monoisotopic (exact) mass is 246 g/mol. The number of benzene rings is 1. The number of hydrogen-bond donors (Lipinski definition) is 2. The van der Waals surface area contributed by atoms with Crippen molar-refractivity contribution in [2.75, 3.05) is 5.32 Å². The zero-order valence-electron chi connectivity index (χ0n) is 11.4. The summed E-state index contributed by atoms with van der Waals surface area (Å²) in [5, 5.41) is 3.56. The molecule has 1 aromatic carbocycles. The molecule has 98 valence electrons. The molecule has 1 aromatic rings. The van der Waals surface area contributed by atoms with Crippen molar-refractivity contribution in [3.05, 3.63) is 29.8 Å². The molecule has 3 heteroatoms. The molecule has 3 nitrogen and oxygen atoms in total. The fraction of sp³-hybridized carbons (Fsp3) is 0.533. The van der Waals surface area contributed by atoms with E-state index in [1.165, 1.54) is 12.8 Å². The van der Waals surface area contributed by atoms with Gasteiger partial charge in [0, 0.05) is 17.3 Å². The Balaban J connectivity index is 2.04. The van der Waals surface area contributed by atoms with E-state index in [1.807, 2.05) is 12.1 Å². The zero-order valence-corrected chi connectivity index (χ0v) is 11.4. The molecule has 1 fully saturated rings. The molecule has 0 heterocycles. The van der Waals surface area contributed by atoms with Gasteiger partial charge in [-0.05, 0) is 48.4 Å². The van der Waals surface area contributed by atoms with E-state index in [0.717, 1.165) is 5.69 Å². The molecule has 0 saturated heterocycles. The maximum absolute atomic E-state index is 11.0. The number of amides is 1. The van der Waals surface area contributed by atoms with Crippen LogP contribution in [0, 0.1) is 11.3 Å². The molecule has 0 bridgehead atoms. The zero-order chi connectivity index (χ0) is 13.3. The number of primary amides is 1. The summed E-state index contributed by atoms with van der Waals surface area (Å²) in [4.78, 5) is 11.0. The Hall–Kier alpha value is -1.51. The first-order valence-electron chi connectivity index (χ1n) is 6.54. The Morgan fingerprint density at radius 2 is 1.89 bits per heavy atom. The largest absolute Gasteiger partial charge is 0.382 e. The van der Waals surface area contributed by atoms with Crippen molar-refractivity contribution in [2.24, 2.45) is 17.1 Å². The van der Waals surface area contributed by atoms with Crippen molar-refractivity contribution in [1.82, 2.24) is 0 Å². The molecule has 0 radical (unpaired) electrons. The minimum absolute atomic E-state index is 0.378. The molecule has 1 aliphatic rings. The van der Waals surface area contributed by atoms with E-state index >= 15 is 0 Å². The topological polar surface area (TPSA) is 55.1 Å². The second kappa shape index (κ2) is 4.63. The normalized spacial score (nSPS) is 25.9. The number of carbonyl (C=O) groups is 1. The van der Waals surface area contributed by atoms with E-state index in [2.05, 4.69) is 26.1 Å². The number of anilines is 1. The third-order valence-electron chi connectivity index (χ3n) is 3.86. The molecule has 2 unspecified atom stereocenters. The first-order chi connectivity index (χ1) is 8.37. The summed E-state index contributed by atoms with van der Waals surface area (Å²) in [6, 6.07) is 7.92. The Kier molecular flexibility index (Phi) is 3.33. The highest BCUT2D eigenvalue weighted by atomic mass is 16.1. The number of rotatable bonds is 3. The van der Waals surface area contributed by atoms with Crippen molar-refractivity contribution in [1.29, 1.82) is 0 Å². The van der Waals surface area contributed by atoms with Gasteiger partial charge in [-0.15, -0.1) is 0 Å². The summed E-state index contributed by atoms with van der Waals surface area (Å²) in [5.74, 6) is 0.299. The Labute approximate surface area is 109 Å². The van der Waals surface area contributed by atoms with Gasteiger partial charge >= 0.3 is 0 Å². The fourth-order valence-electron chi connectivity index (χ4n) is 3.03. The van der Waals surface area contributed by atoms with E-state index < -0.39 is 0 Å². The maximum Gasteiger partial charge on any atom is 0.248 e. The van der Waals surface area contributed by atoms with Gasteiger partial charge in [-0.25, -0.2) is 0 Å². The van der Waals surface area contributed by atoms with Crippen LogP contribution < -0.4 is 11.1 Å². The molecule has 1 amide bonds. The van der Waals surface area contributed by atoms with Crippen LogP contribution in [0.2, 0.25) is 0 Å². The van der Waals surface area contributed by atoms with Gasteiger partial charge in [0.05, 0.1) is 0 Å². The molecule has 2 rings (SSSR count). The van der Waals surface area contributed by atoms with E-state index in [4.69, 9.17) is 5.73 Å². The van der Waals surface area contributed by atoms with Crippen molar-refractivity contribution in [2.45, 2.75) is 39.7 Å². The standard InChI is InChI=1S/C15H22N2O/c1-10-8-15(2,3)9-13(10)17-12-6-4-11(5-7-12)14(16)18/h4-7,10,13,17H,8-9H2,1-3H3,(H2,16,18). The summed E-state index contributed by atoms with van der Waals surface area (Å²) in [6.45, 7) is 6.94. The van der Waals surface area contributed by atoms with Crippen LogP contribution >= 0.6 is 0 Å². The molecule has 1 saturated carbocycles. The van der Waals surface area contributed by atoms with Crippen LogP contribution in [0.1, 0.15) is 44.0 Å². The Bertz CT molecular complexity index is 436. The summed E-state index contributed by atoms with van der Waals surface area (Å²) in [5.41, 5.74) is 7.27. The third kappa shape index (κ3) is 2.84. The average molecular weight is 246 g/mol. The van der Waals surface area contributed by atoms with Gasteiger partial charge in [-0.1, -0.05) is 20.8 Å². The second-order valence-corrected chi connectivity index (χ2v) is 6.24. The van der Waals surface area contributed by atoms with Gasteiger partial charge in [0.15, 0.2) is 0 Å². The van der Waals surface area contributed by atoms with Gasteiger partial charge in [0.25, 0.3) is 0 Å². The van der Waals surface area contributed by atoms with Gasteiger partial charge in [-0.2, -0.15) is 0 Å². The molecular weight excluding hydrogens is 224 g/mol. The molecule has 3 N–H and O–H groups in total. The SMILES string of the molecule is CC1CC(C)(C)CC1Nc1ccc(C(N)=O)cc1. The molecule has 1 aliphatic carbocycles. The van der Waals surface area contributed by atoms with Crippen LogP contribution in [-0.2, 0) is 0 Å². The van der Waals surface area contributed by atoms with E-state index in [1.54, 1.807) is 12.1 Å². The maximum atomic E-state index is 11.0. The van der Waals surface area contributed by atoms with Crippen molar-refractivity contribution in [3.8, 4) is 0 Å². The summed E-state index contributed by atoms with van der Waals surface area (Å²) >= 11 is 0. The van der Waals surface area contributed by atoms with Gasteiger partial charge in [-0.3, -0.25) is 4.79 Å². The number of nitrogens with two attached hydrogens (primary N) is 1. The van der Waals surface area contributed by atoms with Crippen molar-refractivity contribution >= 4 is 11.6 Å². The smallest absolute Gasteiger partial charge is 0.248 e. The van der Waals surface area contributed by atoms with E-state index in [0.29, 0.717) is 22.9 Å². The van der Waals surface area contributed by atoms with Crippen LogP contribution in [0.3, 0.4) is 0 Å². The molecule has 0 aliphatic heterocycles. The first-order valence-corrected chi connectivity index (χ1v) is 6.54. The minimum atomic E-state index is -0.378. The highest BCUT2D eigenvalue weighted by Crippen LogP contribution is 2.42. The highest BCUT2D eigenvalue weighted by Gasteiger charge is 2.36.